The molecule has 0 saturated heterocycles. The van der Waals surface area contributed by atoms with Gasteiger partial charge in [0.2, 0.25) is 0 Å². The van der Waals surface area contributed by atoms with Gasteiger partial charge in [-0.2, -0.15) is 0 Å². The lowest BCUT2D eigenvalue weighted by Crippen LogP contribution is -2.20. The molecular formula is C8H10BNO2. The predicted molar refractivity (Wildman–Crippen MR) is 49.3 cm³/mol. The first-order valence-corrected chi connectivity index (χ1v) is 3.73. The quantitative estimate of drug-likeness (QED) is 0.516. The average molecular weight is 163 g/mol. The van der Waals surface area contributed by atoms with Gasteiger partial charge in [0.15, 0.2) is 6.29 Å². The van der Waals surface area contributed by atoms with E-state index in [2.05, 4.69) is 5.23 Å². The lowest BCUT2D eigenvalue weighted by atomic mass is 9.88. The van der Waals surface area contributed by atoms with Crippen molar-refractivity contribution in [3.8, 4) is 0 Å². The van der Waals surface area contributed by atoms with Crippen LogP contribution in [0.15, 0.2) is 24.3 Å². The molecule has 1 rings (SSSR count). The van der Waals surface area contributed by atoms with E-state index in [9.17, 15) is 4.79 Å². The molecule has 12 heavy (non-hydrogen) atoms. The molecule has 0 aromatic heterocycles. The molecule has 0 heterocycles. The Bertz CT molecular complexity index is 276. The maximum absolute atomic E-state index is 10.5. The first-order chi connectivity index (χ1) is 5.74. The summed E-state index contributed by atoms with van der Waals surface area (Å²) in [5.74, 6) is 0. The van der Waals surface area contributed by atoms with Gasteiger partial charge in [-0.25, -0.2) is 0 Å². The summed E-state index contributed by atoms with van der Waals surface area (Å²) in [7, 11) is -0.647. The van der Waals surface area contributed by atoms with Crippen LogP contribution in [0.1, 0.15) is 10.4 Å². The SMILES string of the molecule is CB(O)Nc1ccccc1C=O. The monoisotopic (exact) mass is 163 g/mol. The van der Waals surface area contributed by atoms with Gasteiger partial charge in [0, 0.05) is 11.3 Å². The van der Waals surface area contributed by atoms with E-state index in [0.717, 1.165) is 6.29 Å². The zero-order chi connectivity index (χ0) is 8.97. The largest absolute Gasteiger partial charge is 0.433 e. The van der Waals surface area contributed by atoms with Gasteiger partial charge in [0.25, 0.3) is 0 Å². The topological polar surface area (TPSA) is 49.3 Å². The molecule has 0 fully saturated rings. The molecule has 0 spiro atoms. The standard InChI is InChI=1S/C8H10BNO2/c1-9(12)10-8-5-3-2-4-7(8)6-11/h2-6,10,12H,1H3. The van der Waals surface area contributed by atoms with Crippen LogP contribution in [-0.2, 0) is 0 Å². The number of hydrogen-bond donors (Lipinski definition) is 2. The van der Waals surface area contributed by atoms with Crippen molar-refractivity contribution in [2.75, 3.05) is 5.23 Å². The average Bonchev–Trinajstić information content (AvgIpc) is 2.04. The van der Waals surface area contributed by atoms with Crippen LogP contribution in [0.2, 0.25) is 6.82 Å². The van der Waals surface area contributed by atoms with Gasteiger partial charge in [-0.15, -0.1) is 0 Å². The minimum atomic E-state index is -0.647. The summed E-state index contributed by atoms with van der Waals surface area (Å²) >= 11 is 0. The molecule has 1 aromatic carbocycles. The first kappa shape index (κ1) is 8.81. The highest BCUT2D eigenvalue weighted by atomic mass is 16.2. The van der Waals surface area contributed by atoms with Crippen molar-refractivity contribution in [3.05, 3.63) is 29.8 Å². The molecule has 62 valence electrons. The van der Waals surface area contributed by atoms with Crippen molar-refractivity contribution in [2.24, 2.45) is 0 Å². The van der Waals surface area contributed by atoms with E-state index in [0.29, 0.717) is 11.3 Å². The fraction of sp³-hybridized carbons (Fsp3) is 0.125. The molecule has 0 radical (unpaired) electrons. The molecule has 0 aliphatic rings. The highest BCUT2D eigenvalue weighted by molar-refractivity contribution is 6.53. The molecule has 0 bridgehead atoms. The smallest absolute Gasteiger partial charge is 0.406 e. The van der Waals surface area contributed by atoms with Crippen molar-refractivity contribution in [1.29, 1.82) is 0 Å². The predicted octanol–water partition coefficient (Wildman–Crippen LogP) is 1.02. The maximum atomic E-state index is 10.5. The lowest BCUT2D eigenvalue weighted by molar-refractivity contribution is 0.112. The van der Waals surface area contributed by atoms with Crippen LogP contribution < -0.4 is 5.23 Å². The molecular weight excluding hydrogens is 153 g/mol. The number of nitrogens with one attached hydrogen (secondary N) is 1. The van der Waals surface area contributed by atoms with E-state index in [1.807, 2.05) is 0 Å². The molecule has 3 nitrogen and oxygen atoms in total. The molecule has 1 aromatic rings. The Labute approximate surface area is 71.5 Å². The molecule has 0 saturated carbocycles. The Morgan fingerprint density at radius 3 is 2.75 bits per heavy atom. The van der Waals surface area contributed by atoms with Crippen molar-refractivity contribution in [2.45, 2.75) is 6.82 Å². The van der Waals surface area contributed by atoms with Crippen LogP contribution in [0.3, 0.4) is 0 Å². The summed E-state index contributed by atoms with van der Waals surface area (Å²) in [5.41, 5.74) is 1.21. The summed E-state index contributed by atoms with van der Waals surface area (Å²) < 4.78 is 0. The van der Waals surface area contributed by atoms with Crippen LogP contribution in [-0.4, -0.2) is 18.4 Å². The van der Waals surface area contributed by atoms with E-state index in [1.165, 1.54) is 0 Å². The summed E-state index contributed by atoms with van der Waals surface area (Å²) in [6.45, 7) is 1.60. The van der Waals surface area contributed by atoms with Gasteiger partial charge < -0.3 is 10.3 Å². The maximum Gasteiger partial charge on any atom is 0.406 e. The summed E-state index contributed by atoms with van der Waals surface area (Å²) in [4.78, 5) is 10.5. The van der Waals surface area contributed by atoms with E-state index in [-0.39, 0.29) is 0 Å². The second-order valence-electron chi connectivity index (χ2n) is 2.53. The van der Waals surface area contributed by atoms with Crippen molar-refractivity contribution in [3.63, 3.8) is 0 Å². The van der Waals surface area contributed by atoms with Gasteiger partial charge in [0.1, 0.15) is 0 Å². The number of aldehydes is 1. The third kappa shape index (κ3) is 2.10. The third-order valence-corrected chi connectivity index (χ3v) is 1.45. The number of carbonyl (C=O) groups excluding carboxylic acids is 1. The molecule has 0 amide bonds. The minimum Gasteiger partial charge on any atom is -0.433 e. The molecule has 0 unspecified atom stereocenters. The van der Waals surface area contributed by atoms with Gasteiger partial charge >= 0.3 is 7.05 Å². The second-order valence-corrected chi connectivity index (χ2v) is 2.53. The van der Waals surface area contributed by atoms with E-state index >= 15 is 0 Å². The number of carbonyl (C=O) groups is 1. The Morgan fingerprint density at radius 1 is 1.50 bits per heavy atom. The fourth-order valence-electron chi connectivity index (χ4n) is 0.956. The van der Waals surface area contributed by atoms with Gasteiger partial charge in [-0.05, 0) is 19.0 Å². The zero-order valence-electron chi connectivity index (χ0n) is 6.82. The van der Waals surface area contributed by atoms with Crippen LogP contribution in [0.4, 0.5) is 5.69 Å². The van der Waals surface area contributed by atoms with Crippen LogP contribution in [0.25, 0.3) is 0 Å². The van der Waals surface area contributed by atoms with Crippen LogP contribution in [0, 0.1) is 0 Å². The molecule has 0 atom stereocenters. The molecule has 0 aliphatic carbocycles. The van der Waals surface area contributed by atoms with Crippen LogP contribution >= 0.6 is 0 Å². The van der Waals surface area contributed by atoms with Crippen LogP contribution in [0.5, 0.6) is 0 Å². The second kappa shape index (κ2) is 3.92. The molecule has 4 heteroatoms. The lowest BCUT2D eigenvalue weighted by Gasteiger charge is -2.07. The number of anilines is 1. The third-order valence-electron chi connectivity index (χ3n) is 1.45. The van der Waals surface area contributed by atoms with E-state index in [4.69, 9.17) is 5.02 Å². The number of para-hydroxylation sites is 1. The highest BCUT2D eigenvalue weighted by Gasteiger charge is 2.05. The van der Waals surface area contributed by atoms with Crippen molar-refractivity contribution in [1.82, 2.24) is 0 Å². The Balaban J connectivity index is 2.89. The number of rotatable bonds is 3. The fourth-order valence-corrected chi connectivity index (χ4v) is 0.956. The highest BCUT2D eigenvalue weighted by Crippen LogP contribution is 2.12. The Hall–Kier alpha value is -1.29. The summed E-state index contributed by atoms with van der Waals surface area (Å²) in [6.07, 6.45) is 0.755. The Kier molecular flexibility index (Phi) is 2.88. The van der Waals surface area contributed by atoms with Crippen molar-refractivity contribution < 1.29 is 9.82 Å². The van der Waals surface area contributed by atoms with E-state index < -0.39 is 7.05 Å². The molecule has 0 aliphatic heterocycles. The van der Waals surface area contributed by atoms with Gasteiger partial charge in [0.05, 0.1) is 0 Å². The van der Waals surface area contributed by atoms with Crippen molar-refractivity contribution >= 4 is 19.0 Å². The molecule has 2 N–H and O–H groups in total. The Morgan fingerprint density at radius 2 is 2.17 bits per heavy atom. The first-order valence-electron chi connectivity index (χ1n) is 3.73. The van der Waals surface area contributed by atoms with Gasteiger partial charge in [-0.1, -0.05) is 12.1 Å². The summed E-state index contributed by atoms with van der Waals surface area (Å²) in [5, 5.41) is 11.7. The van der Waals surface area contributed by atoms with E-state index in [1.54, 1.807) is 31.1 Å². The number of benzene rings is 1. The minimum absolute atomic E-state index is 0.554. The zero-order valence-corrected chi connectivity index (χ0v) is 6.82. The normalized spacial score (nSPS) is 9.17. The van der Waals surface area contributed by atoms with Gasteiger partial charge in [-0.3, -0.25) is 4.79 Å². The number of hydrogen-bond acceptors (Lipinski definition) is 3. The summed E-state index contributed by atoms with van der Waals surface area (Å²) in [6, 6.07) is 7.02.